The molecule has 1 saturated carbocycles. The third-order valence-corrected chi connectivity index (χ3v) is 3.15. The first-order chi connectivity index (χ1) is 9.20. The van der Waals surface area contributed by atoms with Crippen LogP contribution in [0.3, 0.4) is 0 Å². The number of hydrogen-bond donors (Lipinski definition) is 1. The van der Waals surface area contributed by atoms with Crippen LogP contribution < -0.4 is 10.1 Å². The SMILES string of the molecule is CCCCOc1ccc(CNC2CC2)cc1[N+](=O)[O-]. The van der Waals surface area contributed by atoms with Gasteiger partial charge in [0.2, 0.25) is 0 Å². The van der Waals surface area contributed by atoms with Gasteiger partial charge in [-0.15, -0.1) is 0 Å². The molecule has 0 spiro atoms. The summed E-state index contributed by atoms with van der Waals surface area (Å²) in [6, 6.07) is 5.80. The zero-order chi connectivity index (χ0) is 13.7. The first kappa shape index (κ1) is 13.8. The molecule has 0 amide bonds. The van der Waals surface area contributed by atoms with Crippen LogP contribution in [0.4, 0.5) is 5.69 Å². The maximum Gasteiger partial charge on any atom is 0.311 e. The summed E-state index contributed by atoms with van der Waals surface area (Å²) >= 11 is 0. The third kappa shape index (κ3) is 4.21. The van der Waals surface area contributed by atoms with Crippen molar-refractivity contribution in [2.24, 2.45) is 0 Å². The molecular weight excluding hydrogens is 244 g/mol. The summed E-state index contributed by atoms with van der Waals surface area (Å²) in [7, 11) is 0. The van der Waals surface area contributed by atoms with E-state index in [9.17, 15) is 10.1 Å². The van der Waals surface area contributed by atoms with E-state index in [-0.39, 0.29) is 10.6 Å². The van der Waals surface area contributed by atoms with Gasteiger partial charge in [-0.2, -0.15) is 0 Å². The normalized spacial score (nSPS) is 14.4. The van der Waals surface area contributed by atoms with Crippen molar-refractivity contribution >= 4 is 5.69 Å². The minimum Gasteiger partial charge on any atom is -0.487 e. The second kappa shape index (κ2) is 6.52. The quantitative estimate of drug-likeness (QED) is 0.445. The average molecular weight is 264 g/mol. The maximum absolute atomic E-state index is 11.1. The Balaban J connectivity index is 2.02. The molecule has 1 aliphatic carbocycles. The number of benzene rings is 1. The van der Waals surface area contributed by atoms with Crippen LogP contribution in [0.25, 0.3) is 0 Å². The Kier molecular flexibility index (Phi) is 4.74. The molecule has 19 heavy (non-hydrogen) atoms. The summed E-state index contributed by atoms with van der Waals surface area (Å²) in [4.78, 5) is 10.7. The predicted octanol–water partition coefficient (Wildman–Crippen LogP) is 3.03. The summed E-state index contributed by atoms with van der Waals surface area (Å²) < 4.78 is 5.47. The number of hydrogen-bond acceptors (Lipinski definition) is 4. The molecular formula is C14H20N2O3. The minimum atomic E-state index is -0.373. The van der Waals surface area contributed by atoms with Crippen molar-refractivity contribution in [1.29, 1.82) is 0 Å². The molecule has 1 N–H and O–H groups in total. The molecule has 1 aliphatic rings. The molecule has 1 fully saturated rings. The Morgan fingerprint density at radius 3 is 2.89 bits per heavy atom. The van der Waals surface area contributed by atoms with Crippen LogP contribution in [0.2, 0.25) is 0 Å². The highest BCUT2D eigenvalue weighted by Gasteiger charge is 2.21. The van der Waals surface area contributed by atoms with Crippen LogP contribution in [0, 0.1) is 10.1 Å². The van der Waals surface area contributed by atoms with Crippen LogP contribution in [0.15, 0.2) is 18.2 Å². The van der Waals surface area contributed by atoms with Crippen molar-refractivity contribution in [2.45, 2.75) is 45.2 Å². The van der Waals surface area contributed by atoms with Crippen LogP contribution in [-0.2, 0) is 6.54 Å². The number of nitro benzene ring substituents is 1. The zero-order valence-electron chi connectivity index (χ0n) is 11.2. The first-order valence-electron chi connectivity index (χ1n) is 6.84. The largest absolute Gasteiger partial charge is 0.487 e. The Morgan fingerprint density at radius 1 is 1.47 bits per heavy atom. The van der Waals surface area contributed by atoms with E-state index in [1.54, 1.807) is 12.1 Å². The van der Waals surface area contributed by atoms with Crippen molar-refractivity contribution in [2.75, 3.05) is 6.61 Å². The second-order valence-corrected chi connectivity index (χ2v) is 4.92. The lowest BCUT2D eigenvalue weighted by atomic mass is 10.2. The van der Waals surface area contributed by atoms with Crippen LogP contribution >= 0.6 is 0 Å². The number of rotatable bonds is 8. The highest BCUT2D eigenvalue weighted by molar-refractivity contribution is 5.48. The average Bonchev–Trinajstić information content (AvgIpc) is 3.21. The van der Waals surface area contributed by atoms with Crippen LogP contribution in [-0.4, -0.2) is 17.6 Å². The van der Waals surface area contributed by atoms with Gasteiger partial charge in [0.1, 0.15) is 0 Å². The molecule has 2 rings (SSSR count). The van der Waals surface area contributed by atoms with Gasteiger partial charge in [-0.05, 0) is 30.9 Å². The summed E-state index contributed by atoms with van der Waals surface area (Å²) in [5.74, 6) is 0.369. The van der Waals surface area contributed by atoms with Gasteiger partial charge in [0, 0.05) is 18.7 Å². The van der Waals surface area contributed by atoms with E-state index < -0.39 is 0 Å². The minimum absolute atomic E-state index is 0.0613. The monoisotopic (exact) mass is 264 g/mol. The van der Waals surface area contributed by atoms with Gasteiger partial charge >= 0.3 is 5.69 Å². The lowest BCUT2D eigenvalue weighted by molar-refractivity contribution is -0.385. The van der Waals surface area contributed by atoms with E-state index in [0.717, 1.165) is 18.4 Å². The molecule has 0 bridgehead atoms. The molecule has 0 saturated heterocycles. The molecule has 5 heteroatoms. The number of nitrogens with zero attached hydrogens (tertiary/aromatic N) is 1. The molecule has 0 aromatic heterocycles. The summed E-state index contributed by atoms with van der Waals surface area (Å²) in [6.45, 7) is 3.27. The third-order valence-electron chi connectivity index (χ3n) is 3.15. The molecule has 0 atom stereocenters. The highest BCUT2D eigenvalue weighted by atomic mass is 16.6. The highest BCUT2D eigenvalue weighted by Crippen LogP contribution is 2.28. The fourth-order valence-electron chi connectivity index (χ4n) is 1.81. The van der Waals surface area contributed by atoms with Gasteiger partial charge < -0.3 is 10.1 Å². The van der Waals surface area contributed by atoms with Crippen LogP contribution in [0.5, 0.6) is 5.75 Å². The molecule has 0 unspecified atom stereocenters. The molecule has 0 heterocycles. The second-order valence-electron chi connectivity index (χ2n) is 4.92. The fourth-order valence-corrected chi connectivity index (χ4v) is 1.81. The number of ether oxygens (including phenoxy) is 1. The maximum atomic E-state index is 11.1. The van der Waals surface area contributed by atoms with E-state index in [1.165, 1.54) is 12.8 Å². The lowest BCUT2D eigenvalue weighted by Crippen LogP contribution is -2.15. The van der Waals surface area contributed by atoms with Crippen molar-refractivity contribution in [3.8, 4) is 5.75 Å². The van der Waals surface area contributed by atoms with Crippen molar-refractivity contribution < 1.29 is 9.66 Å². The summed E-state index contributed by atoms with van der Waals surface area (Å²) in [5, 5.41) is 14.4. The number of nitrogens with one attached hydrogen (secondary N) is 1. The molecule has 5 nitrogen and oxygen atoms in total. The molecule has 0 radical (unpaired) electrons. The Hall–Kier alpha value is -1.62. The number of nitro groups is 1. The van der Waals surface area contributed by atoms with Gasteiger partial charge in [-0.3, -0.25) is 10.1 Å². The molecule has 1 aromatic rings. The lowest BCUT2D eigenvalue weighted by Gasteiger charge is -2.08. The van der Waals surface area contributed by atoms with Gasteiger partial charge in [-0.1, -0.05) is 19.4 Å². The van der Waals surface area contributed by atoms with E-state index >= 15 is 0 Å². The van der Waals surface area contributed by atoms with Crippen LogP contribution in [0.1, 0.15) is 38.2 Å². The topological polar surface area (TPSA) is 64.4 Å². The summed E-state index contributed by atoms with van der Waals surface area (Å²) in [5.41, 5.74) is 0.993. The van der Waals surface area contributed by atoms with E-state index in [0.29, 0.717) is 24.9 Å². The molecule has 0 aliphatic heterocycles. The van der Waals surface area contributed by atoms with E-state index in [2.05, 4.69) is 12.2 Å². The molecule has 1 aromatic carbocycles. The standard InChI is InChI=1S/C14H20N2O3/c1-2-3-8-19-14-7-4-11(9-13(14)16(17)18)10-15-12-5-6-12/h4,7,9,12,15H,2-3,5-6,8,10H2,1H3. The summed E-state index contributed by atoms with van der Waals surface area (Å²) in [6.07, 6.45) is 4.33. The van der Waals surface area contributed by atoms with Gasteiger partial charge in [0.25, 0.3) is 0 Å². The van der Waals surface area contributed by atoms with Crippen molar-refractivity contribution in [3.05, 3.63) is 33.9 Å². The number of unbranched alkanes of at least 4 members (excludes halogenated alkanes) is 1. The molecule has 104 valence electrons. The Bertz CT molecular complexity index is 444. The van der Waals surface area contributed by atoms with E-state index in [1.807, 2.05) is 6.07 Å². The Labute approximate surface area is 113 Å². The van der Waals surface area contributed by atoms with Gasteiger partial charge in [0.15, 0.2) is 5.75 Å². The fraction of sp³-hybridized carbons (Fsp3) is 0.571. The Morgan fingerprint density at radius 2 is 2.26 bits per heavy atom. The predicted molar refractivity (Wildman–Crippen MR) is 73.4 cm³/mol. The van der Waals surface area contributed by atoms with Gasteiger partial charge in [-0.25, -0.2) is 0 Å². The first-order valence-corrected chi connectivity index (χ1v) is 6.84. The zero-order valence-corrected chi connectivity index (χ0v) is 11.2. The smallest absolute Gasteiger partial charge is 0.311 e. The van der Waals surface area contributed by atoms with Crippen molar-refractivity contribution in [1.82, 2.24) is 5.32 Å². The van der Waals surface area contributed by atoms with Gasteiger partial charge in [0.05, 0.1) is 11.5 Å². The van der Waals surface area contributed by atoms with E-state index in [4.69, 9.17) is 4.74 Å². The van der Waals surface area contributed by atoms with Crippen molar-refractivity contribution in [3.63, 3.8) is 0 Å².